The van der Waals surface area contributed by atoms with Gasteiger partial charge in [0, 0.05) is 35.9 Å². The Balaban J connectivity index is 2.26. The molecule has 0 aliphatic rings. The van der Waals surface area contributed by atoms with Crippen LogP contribution in [-0.4, -0.2) is 4.98 Å². The number of allylic oxidation sites excluding steroid dienone is 10. The van der Waals surface area contributed by atoms with Gasteiger partial charge in [0.25, 0.3) is 0 Å². The summed E-state index contributed by atoms with van der Waals surface area (Å²) in [7, 11) is 0. The van der Waals surface area contributed by atoms with Crippen LogP contribution in [0.25, 0.3) is 11.1 Å². The molecule has 33 heavy (non-hydrogen) atoms. The standard InChI is InChI=1S/C29H32FN3/c1-7-10-28(24-12-14-27(30)15-13-24)22(5)23(6)33-21(4)18-26(29(31)8-2)17-20(3)25-11-9-16-32-19-25/h7-17,19,33H,1,3-4,18,31H2,2,5-6H3/b23-22+,26-17-,28-10+,29-8+. The fourth-order valence-corrected chi connectivity index (χ4v) is 3.29. The molecule has 0 aliphatic carbocycles. The third kappa shape index (κ3) is 7.32. The van der Waals surface area contributed by atoms with Crippen molar-refractivity contribution in [1.82, 2.24) is 10.3 Å². The Labute approximate surface area is 197 Å². The largest absolute Gasteiger partial charge is 0.399 e. The molecule has 0 atom stereocenters. The Morgan fingerprint density at radius 3 is 2.39 bits per heavy atom. The molecule has 1 heterocycles. The second-order valence-electron chi connectivity index (χ2n) is 7.66. The van der Waals surface area contributed by atoms with E-state index in [9.17, 15) is 4.39 Å². The molecule has 170 valence electrons. The van der Waals surface area contributed by atoms with E-state index in [1.807, 2.05) is 51.1 Å². The molecule has 0 fully saturated rings. The zero-order valence-electron chi connectivity index (χ0n) is 19.7. The van der Waals surface area contributed by atoms with Crippen LogP contribution in [0.15, 0.2) is 121 Å². The van der Waals surface area contributed by atoms with Crippen LogP contribution < -0.4 is 11.1 Å². The average Bonchev–Trinajstić information content (AvgIpc) is 2.82. The minimum absolute atomic E-state index is 0.268. The Kier molecular flexibility index (Phi) is 9.37. The van der Waals surface area contributed by atoms with Crippen molar-refractivity contribution in [3.8, 4) is 0 Å². The van der Waals surface area contributed by atoms with E-state index < -0.39 is 0 Å². The third-order valence-corrected chi connectivity index (χ3v) is 5.24. The minimum atomic E-state index is -0.268. The molecule has 1 aromatic heterocycles. The number of hydrogen-bond donors (Lipinski definition) is 2. The lowest BCUT2D eigenvalue weighted by atomic mass is 9.96. The second kappa shape index (κ2) is 12.2. The average molecular weight is 442 g/mol. The molecular formula is C29H32FN3. The molecule has 0 bridgehead atoms. The normalized spacial score (nSPS) is 13.3. The number of aromatic nitrogens is 1. The first-order valence-electron chi connectivity index (χ1n) is 10.7. The van der Waals surface area contributed by atoms with Gasteiger partial charge in [-0.3, -0.25) is 4.98 Å². The van der Waals surface area contributed by atoms with E-state index in [2.05, 4.69) is 30.0 Å². The summed E-state index contributed by atoms with van der Waals surface area (Å²) in [4.78, 5) is 4.15. The molecule has 0 radical (unpaired) electrons. The number of rotatable bonds is 10. The topological polar surface area (TPSA) is 50.9 Å². The SMILES string of the molecule is C=C/C=C(\C(C)=C(/C)NC(=C)CC(=C/C(=C)c1cccnc1)/C(N)=C\C)c1ccc(F)cc1. The van der Waals surface area contributed by atoms with Gasteiger partial charge in [0.05, 0.1) is 0 Å². The Bertz CT molecular complexity index is 1130. The van der Waals surface area contributed by atoms with Crippen LogP contribution in [0.5, 0.6) is 0 Å². The summed E-state index contributed by atoms with van der Waals surface area (Å²) < 4.78 is 13.4. The molecule has 3 nitrogen and oxygen atoms in total. The van der Waals surface area contributed by atoms with Crippen molar-refractivity contribution >= 4 is 11.1 Å². The summed E-state index contributed by atoms with van der Waals surface area (Å²) in [5.74, 6) is -0.268. The number of nitrogens with two attached hydrogens (primary N) is 1. The van der Waals surface area contributed by atoms with E-state index >= 15 is 0 Å². The molecule has 0 unspecified atom stereocenters. The Morgan fingerprint density at radius 2 is 1.82 bits per heavy atom. The van der Waals surface area contributed by atoms with Gasteiger partial charge in [-0.25, -0.2) is 4.39 Å². The highest BCUT2D eigenvalue weighted by atomic mass is 19.1. The van der Waals surface area contributed by atoms with Gasteiger partial charge in [-0.05, 0) is 78.5 Å². The van der Waals surface area contributed by atoms with Crippen molar-refractivity contribution in [2.75, 3.05) is 0 Å². The maximum absolute atomic E-state index is 13.4. The predicted molar refractivity (Wildman–Crippen MR) is 139 cm³/mol. The summed E-state index contributed by atoms with van der Waals surface area (Å²) in [6.45, 7) is 18.1. The first kappa shape index (κ1) is 25.3. The van der Waals surface area contributed by atoms with Gasteiger partial charge in [-0.2, -0.15) is 0 Å². The molecule has 2 rings (SSSR count). The van der Waals surface area contributed by atoms with Crippen molar-refractivity contribution in [2.24, 2.45) is 5.73 Å². The van der Waals surface area contributed by atoms with Crippen molar-refractivity contribution in [3.05, 3.63) is 138 Å². The fraction of sp³-hybridized carbons (Fsp3) is 0.138. The van der Waals surface area contributed by atoms with E-state index in [1.165, 1.54) is 12.1 Å². The molecule has 0 aliphatic heterocycles. The fourth-order valence-electron chi connectivity index (χ4n) is 3.29. The van der Waals surface area contributed by atoms with Crippen LogP contribution in [0.2, 0.25) is 0 Å². The van der Waals surface area contributed by atoms with Crippen LogP contribution in [0.1, 0.15) is 38.3 Å². The molecular weight excluding hydrogens is 409 g/mol. The van der Waals surface area contributed by atoms with Gasteiger partial charge in [-0.15, -0.1) is 0 Å². The number of hydrogen-bond acceptors (Lipinski definition) is 3. The van der Waals surface area contributed by atoms with Crippen molar-refractivity contribution in [3.63, 3.8) is 0 Å². The van der Waals surface area contributed by atoms with Crippen LogP contribution in [0, 0.1) is 5.82 Å². The molecule has 1 aromatic carbocycles. The van der Waals surface area contributed by atoms with E-state index in [1.54, 1.807) is 30.6 Å². The second-order valence-corrected chi connectivity index (χ2v) is 7.66. The van der Waals surface area contributed by atoms with Crippen LogP contribution >= 0.6 is 0 Å². The van der Waals surface area contributed by atoms with E-state index in [4.69, 9.17) is 5.73 Å². The molecule has 0 saturated carbocycles. The van der Waals surface area contributed by atoms with Crippen LogP contribution in [0.3, 0.4) is 0 Å². The smallest absolute Gasteiger partial charge is 0.123 e. The predicted octanol–water partition coefficient (Wildman–Crippen LogP) is 7.08. The van der Waals surface area contributed by atoms with E-state index in [-0.39, 0.29) is 5.82 Å². The zero-order chi connectivity index (χ0) is 24.4. The van der Waals surface area contributed by atoms with Gasteiger partial charge in [0.1, 0.15) is 5.82 Å². The van der Waals surface area contributed by atoms with Gasteiger partial charge in [-0.1, -0.05) is 56.2 Å². The molecule has 0 spiro atoms. The molecule has 0 amide bonds. The number of nitrogens with one attached hydrogen (secondary N) is 1. The molecule has 3 N–H and O–H groups in total. The van der Waals surface area contributed by atoms with Gasteiger partial charge < -0.3 is 11.1 Å². The highest BCUT2D eigenvalue weighted by Gasteiger charge is 2.10. The lowest BCUT2D eigenvalue weighted by Gasteiger charge is -2.17. The Hall–Kier alpha value is -3.92. The first-order chi connectivity index (χ1) is 15.8. The third-order valence-electron chi connectivity index (χ3n) is 5.24. The lowest BCUT2D eigenvalue weighted by Crippen LogP contribution is -2.14. The summed E-state index contributed by atoms with van der Waals surface area (Å²) in [6.07, 6.45) is 11.5. The number of nitrogens with zero attached hydrogens (tertiary/aromatic N) is 1. The summed E-state index contributed by atoms with van der Waals surface area (Å²) in [5.41, 5.74) is 14.2. The maximum atomic E-state index is 13.4. The highest BCUT2D eigenvalue weighted by Crippen LogP contribution is 2.26. The highest BCUT2D eigenvalue weighted by molar-refractivity contribution is 5.80. The first-order valence-corrected chi connectivity index (χ1v) is 10.7. The summed E-state index contributed by atoms with van der Waals surface area (Å²) in [5, 5.41) is 3.39. The number of pyridine rings is 1. The molecule has 2 aromatic rings. The van der Waals surface area contributed by atoms with Crippen molar-refractivity contribution in [2.45, 2.75) is 27.2 Å². The van der Waals surface area contributed by atoms with E-state index in [0.29, 0.717) is 12.1 Å². The summed E-state index contributed by atoms with van der Waals surface area (Å²) in [6, 6.07) is 10.3. The molecule has 4 heteroatoms. The number of halogens is 1. The van der Waals surface area contributed by atoms with Gasteiger partial charge >= 0.3 is 0 Å². The van der Waals surface area contributed by atoms with Crippen molar-refractivity contribution < 1.29 is 4.39 Å². The van der Waals surface area contributed by atoms with Crippen LogP contribution in [0.4, 0.5) is 4.39 Å². The monoisotopic (exact) mass is 441 g/mol. The van der Waals surface area contributed by atoms with Gasteiger partial charge in [0.15, 0.2) is 0 Å². The zero-order valence-corrected chi connectivity index (χ0v) is 19.7. The molecule has 0 saturated heterocycles. The summed E-state index contributed by atoms with van der Waals surface area (Å²) >= 11 is 0. The van der Waals surface area contributed by atoms with E-state index in [0.717, 1.165) is 44.8 Å². The maximum Gasteiger partial charge on any atom is 0.123 e. The van der Waals surface area contributed by atoms with Crippen LogP contribution in [-0.2, 0) is 0 Å². The minimum Gasteiger partial charge on any atom is -0.399 e. The van der Waals surface area contributed by atoms with Crippen molar-refractivity contribution in [1.29, 1.82) is 0 Å². The number of benzene rings is 1. The lowest BCUT2D eigenvalue weighted by molar-refractivity contribution is 0.627. The Morgan fingerprint density at radius 1 is 1.12 bits per heavy atom. The van der Waals surface area contributed by atoms with Gasteiger partial charge in [0.2, 0.25) is 0 Å². The quantitative estimate of drug-likeness (QED) is 0.387.